The molecular formula is C15H22N2O4. The smallest absolute Gasteiger partial charge is 0.239 e. The van der Waals surface area contributed by atoms with Crippen LogP contribution in [0.25, 0.3) is 0 Å². The largest absolute Gasteiger partial charge is 0.508 e. The van der Waals surface area contributed by atoms with Gasteiger partial charge in [-0.2, -0.15) is 0 Å². The number of benzene rings is 1. The molecule has 2 rings (SSSR count). The monoisotopic (exact) mass is 294 g/mol. The molecular weight excluding hydrogens is 272 g/mol. The highest BCUT2D eigenvalue weighted by Crippen LogP contribution is 2.28. The van der Waals surface area contributed by atoms with Gasteiger partial charge in [0.05, 0.1) is 19.3 Å². The van der Waals surface area contributed by atoms with Crippen molar-refractivity contribution in [3.8, 4) is 11.5 Å². The molecule has 0 aromatic heterocycles. The van der Waals surface area contributed by atoms with Gasteiger partial charge in [0.1, 0.15) is 11.5 Å². The molecule has 1 heterocycles. The zero-order valence-electron chi connectivity index (χ0n) is 12.4. The summed E-state index contributed by atoms with van der Waals surface area (Å²) >= 11 is 0. The van der Waals surface area contributed by atoms with Crippen LogP contribution in [0.5, 0.6) is 11.5 Å². The van der Waals surface area contributed by atoms with E-state index >= 15 is 0 Å². The quantitative estimate of drug-likeness (QED) is 0.771. The molecule has 116 valence electrons. The molecule has 1 amide bonds. The summed E-state index contributed by atoms with van der Waals surface area (Å²) in [5, 5.41) is 22.3. The fourth-order valence-corrected chi connectivity index (χ4v) is 2.49. The van der Waals surface area contributed by atoms with Crippen LogP contribution in [0.1, 0.15) is 25.5 Å². The number of rotatable bonds is 4. The van der Waals surface area contributed by atoms with Gasteiger partial charge in [-0.1, -0.05) is 6.07 Å². The SMILES string of the molecule is CC(NC(C)c1ccc(O)cc1O)C(=O)N1CCOCC1. The number of carbonyl (C=O) groups is 1. The number of nitrogens with one attached hydrogen (secondary N) is 1. The van der Waals surface area contributed by atoms with Crippen LogP contribution >= 0.6 is 0 Å². The second kappa shape index (κ2) is 6.78. The van der Waals surface area contributed by atoms with E-state index in [1.807, 2.05) is 13.8 Å². The molecule has 2 unspecified atom stereocenters. The second-order valence-electron chi connectivity index (χ2n) is 5.29. The van der Waals surface area contributed by atoms with Gasteiger partial charge in [0.2, 0.25) is 5.91 Å². The van der Waals surface area contributed by atoms with Gasteiger partial charge in [0.25, 0.3) is 0 Å². The summed E-state index contributed by atoms with van der Waals surface area (Å²) in [5.41, 5.74) is 0.648. The first-order chi connectivity index (χ1) is 9.99. The van der Waals surface area contributed by atoms with Gasteiger partial charge < -0.3 is 19.8 Å². The van der Waals surface area contributed by atoms with E-state index < -0.39 is 0 Å². The average molecular weight is 294 g/mol. The molecule has 2 atom stereocenters. The Morgan fingerprint density at radius 2 is 1.95 bits per heavy atom. The molecule has 0 saturated carbocycles. The van der Waals surface area contributed by atoms with Crippen LogP contribution in [0, 0.1) is 0 Å². The molecule has 21 heavy (non-hydrogen) atoms. The van der Waals surface area contributed by atoms with Gasteiger partial charge >= 0.3 is 0 Å². The number of morpholine rings is 1. The van der Waals surface area contributed by atoms with Crippen molar-refractivity contribution >= 4 is 5.91 Å². The Morgan fingerprint density at radius 1 is 1.29 bits per heavy atom. The lowest BCUT2D eigenvalue weighted by molar-refractivity contribution is -0.137. The molecule has 1 aliphatic rings. The van der Waals surface area contributed by atoms with E-state index in [0.717, 1.165) is 0 Å². The minimum atomic E-state index is -0.355. The van der Waals surface area contributed by atoms with E-state index in [-0.39, 0.29) is 29.5 Å². The molecule has 0 spiro atoms. The van der Waals surface area contributed by atoms with E-state index in [0.29, 0.717) is 31.9 Å². The maximum absolute atomic E-state index is 12.3. The van der Waals surface area contributed by atoms with Crippen LogP contribution in [0.2, 0.25) is 0 Å². The lowest BCUT2D eigenvalue weighted by atomic mass is 10.1. The number of hydrogen-bond donors (Lipinski definition) is 3. The lowest BCUT2D eigenvalue weighted by Crippen LogP contribution is -2.49. The molecule has 1 aliphatic heterocycles. The van der Waals surface area contributed by atoms with Gasteiger partial charge in [0.15, 0.2) is 0 Å². The van der Waals surface area contributed by atoms with Gasteiger partial charge in [0, 0.05) is 30.8 Å². The van der Waals surface area contributed by atoms with Crippen molar-refractivity contribution < 1.29 is 19.7 Å². The Labute approximate surface area is 124 Å². The summed E-state index contributed by atoms with van der Waals surface area (Å²) in [4.78, 5) is 14.1. The van der Waals surface area contributed by atoms with Crippen LogP contribution in [-0.2, 0) is 9.53 Å². The Balaban J connectivity index is 1.97. The molecule has 0 radical (unpaired) electrons. The highest BCUT2D eigenvalue weighted by Gasteiger charge is 2.24. The fourth-order valence-electron chi connectivity index (χ4n) is 2.49. The molecule has 1 aromatic carbocycles. The van der Waals surface area contributed by atoms with Crippen LogP contribution in [0.3, 0.4) is 0 Å². The predicted octanol–water partition coefficient (Wildman–Crippen LogP) is 0.996. The molecule has 0 aliphatic carbocycles. The average Bonchev–Trinajstić information content (AvgIpc) is 2.47. The van der Waals surface area contributed by atoms with Crippen molar-refractivity contribution in [3.63, 3.8) is 0 Å². The Hall–Kier alpha value is -1.79. The summed E-state index contributed by atoms with van der Waals surface area (Å²) in [5.74, 6) is 0.0605. The minimum Gasteiger partial charge on any atom is -0.508 e. The Bertz CT molecular complexity index is 500. The molecule has 1 fully saturated rings. The summed E-state index contributed by atoms with van der Waals surface area (Å²) in [6.45, 7) is 6.06. The van der Waals surface area contributed by atoms with Crippen LogP contribution in [0.4, 0.5) is 0 Å². The summed E-state index contributed by atoms with van der Waals surface area (Å²) < 4.78 is 5.24. The third kappa shape index (κ3) is 3.86. The van der Waals surface area contributed by atoms with E-state index in [9.17, 15) is 15.0 Å². The van der Waals surface area contributed by atoms with E-state index in [1.54, 1.807) is 11.0 Å². The van der Waals surface area contributed by atoms with Gasteiger partial charge in [-0.15, -0.1) is 0 Å². The Kier molecular flexibility index (Phi) is 5.03. The number of carbonyl (C=O) groups excluding carboxylic acids is 1. The molecule has 6 heteroatoms. The first-order valence-electron chi connectivity index (χ1n) is 7.13. The maximum Gasteiger partial charge on any atom is 0.239 e. The Morgan fingerprint density at radius 3 is 2.57 bits per heavy atom. The van der Waals surface area contributed by atoms with Gasteiger partial charge in [-0.25, -0.2) is 0 Å². The zero-order chi connectivity index (χ0) is 15.4. The van der Waals surface area contributed by atoms with E-state index in [1.165, 1.54) is 12.1 Å². The van der Waals surface area contributed by atoms with Crippen molar-refractivity contribution in [1.29, 1.82) is 0 Å². The van der Waals surface area contributed by atoms with Crippen LogP contribution in [-0.4, -0.2) is 53.4 Å². The number of phenolic OH excluding ortho intramolecular Hbond substituents is 2. The lowest BCUT2D eigenvalue weighted by Gasteiger charge is -2.30. The highest BCUT2D eigenvalue weighted by atomic mass is 16.5. The van der Waals surface area contributed by atoms with E-state index in [2.05, 4.69) is 5.32 Å². The first kappa shape index (κ1) is 15.6. The van der Waals surface area contributed by atoms with E-state index in [4.69, 9.17) is 4.74 Å². The summed E-state index contributed by atoms with van der Waals surface area (Å²) in [7, 11) is 0. The third-order valence-electron chi connectivity index (χ3n) is 3.67. The first-order valence-corrected chi connectivity index (χ1v) is 7.13. The van der Waals surface area contributed by atoms with Crippen molar-refractivity contribution in [2.24, 2.45) is 0 Å². The maximum atomic E-state index is 12.3. The molecule has 1 aromatic rings. The number of amides is 1. The molecule has 0 bridgehead atoms. The third-order valence-corrected chi connectivity index (χ3v) is 3.67. The zero-order valence-corrected chi connectivity index (χ0v) is 12.4. The van der Waals surface area contributed by atoms with Crippen molar-refractivity contribution in [2.75, 3.05) is 26.3 Å². The molecule has 6 nitrogen and oxygen atoms in total. The number of aromatic hydroxyl groups is 2. The summed E-state index contributed by atoms with van der Waals surface area (Å²) in [6, 6.07) is 3.90. The molecule has 3 N–H and O–H groups in total. The summed E-state index contributed by atoms with van der Waals surface area (Å²) in [6.07, 6.45) is 0. The van der Waals surface area contributed by atoms with Crippen molar-refractivity contribution in [2.45, 2.75) is 25.9 Å². The van der Waals surface area contributed by atoms with Crippen LogP contribution < -0.4 is 5.32 Å². The van der Waals surface area contributed by atoms with Crippen molar-refractivity contribution in [3.05, 3.63) is 23.8 Å². The predicted molar refractivity (Wildman–Crippen MR) is 78.2 cm³/mol. The van der Waals surface area contributed by atoms with Crippen molar-refractivity contribution in [1.82, 2.24) is 10.2 Å². The number of hydrogen-bond acceptors (Lipinski definition) is 5. The normalized spacial score (nSPS) is 18.3. The fraction of sp³-hybridized carbons (Fsp3) is 0.533. The number of phenols is 2. The standard InChI is InChI=1S/C15H22N2O4/c1-10(13-4-3-12(18)9-14(13)19)16-11(2)15(20)17-5-7-21-8-6-17/h3-4,9-11,16,18-19H,5-8H2,1-2H3. The number of ether oxygens (including phenoxy) is 1. The highest BCUT2D eigenvalue weighted by molar-refractivity contribution is 5.81. The topological polar surface area (TPSA) is 82.0 Å². The van der Waals surface area contributed by atoms with Crippen LogP contribution in [0.15, 0.2) is 18.2 Å². The molecule has 1 saturated heterocycles. The van der Waals surface area contributed by atoms with Gasteiger partial charge in [-0.3, -0.25) is 10.1 Å². The number of nitrogens with zero attached hydrogens (tertiary/aromatic N) is 1. The van der Waals surface area contributed by atoms with Gasteiger partial charge in [-0.05, 0) is 19.9 Å². The minimum absolute atomic E-state index is 0.0147. The second-order valence-corrected chi connectivity index (χ2v) is 5.29.